The third-order valence-corrected chi connectivity index (χ3v) is 1.83. The van der Waals surface area contributed by atoms with E-state index in [0.29, 0.717) is 11.3 Å². The quantitative estimate of drug-likeness (QED) is 0.677. The van der Waals surface area contributed by atoms with Crippen LogP contribution in [0.1, 0.15) is 10.7 Å². The molecule has 0 saturated heterocycles. The predicted octanol–water partition coefficient (Wildman–Crippen LogP) is 1.60. The molecule has 0 atom stereocenters. The van der Waals surface area contributed by atoms with Crippen molar-refractivity contribution >= 4 is 17.3 Å². The van der Waals surface area contributed by atoms with E-state index in [1.165, 1.54) is 0 Å². The van der Waals surface area contributed by atoms with Crippen LogP contribution >= 0.6 is 11.3 Å². The lowest BCUT2D eigenvalue weighted by molar-refractivity contribution is -0.140. The van der Waals surface area contributed by atoms with E-state index in [0.717, 1.165) is 5.38 Å². The molecular formula is C7H2F3NO2S. The minimum atomic E-state index is -4.51. The van der Waals surface area contributed by atoms with Gasteiger partial charge < -0.3 is 5.11 Å². The van der Waals surface area contributed by atoms with Crippen molar-refractivity contribution in [1.29, 1.82) is 0 Å². The summed E-state index contributed by atoms with van der Waals surface area (Å²) in [7, 11) is 0. The van der Waals surface area contributed by atoms with Crippen LogP contribution in [-0.4, -0.2) is 16.1 Å². The highest BCUT2D eigenvalue weighted by molar-refractivity contribution is 7.10. The van der Waals surface area contributed by atoms with Gasteiger partial charge in [0.25, 0.3) is 0 Å². The van der Waals surface area contributed by atoms with Gasteiger partial charge in [-0.25, -0.2) is 9.78 Å². The van der Waals surface area contributed by atoms with Crippen molar-refractivity contribution in [2.45, 2.75) is 6.18 Å². The van der Waals surface area contributed by atoms with Crippen LogP contribution in [-0.2, 0) is 11.0 Å². The smallest absolute Gasteiger partial charge is 0.434 e. The standard InChI is InChI=1S/C7H2F3NO2S/c8-7(9,10)4-3-14-5(11-4)1-2-6(12)13/h3H,(H,12,13). The first-order valence-electron chi connectivity index (χ1n) is 3.17. The summed E-state index contributed by atoms with van der Waals surface area (Å²) in [5, 5.41) is 8.74. The zero-order valence-electron chi connectivity index (χ0n) is 6.42. The normalized spacial score (nSPS) is 10.5. The Labute approximate surface area is 80.2 Å². The summed E-state index contributed by atoms with van der Waals surface area (Å²) in [5.74, 6) is 2.26. The third kappa shape index (κ3) is 2.74. The molecule has 1 aromatic heterocycles. The highest BCUT2D eigenvalue weighted by Gasteiger charge is 2.33. The molecule has 0 radical (unpaired) electrons. The number of thiazole rings is 1. The highest BCUT2D eigenvalue weighted by Crippen LogP contribution is 2.29. The Kier molecular flexibility index (Phi) is 2.76. The van der Waals surface area contributed by atoms with Crippen molar-refractivity contribution in [3.05, 3.63) is 16.1 Å². The van der Waals surface area contributed by atoms with E-state index in [9.17, 15) is 18.0 Å². The van der Waals surface area contributed by atoms with Gasteiger partial charge in [0.2, 0.25) is 0 Å². The molecule has 0 bridgehead atoms. The van der Waals surface area contributed by atoms with Crippen LogP contribution < -0.4 is 0 Å². The van der Waals surface area contributed by atoms with Gasteiger partial charge in [0.05, 0.1) is 0 Å². The van der Waals surface area contributed by atoms with Gasteiger partial charge in [-0.1, -0.05) is 0 Å². The van der Waals surface area contributed by atoms with Crippen molar-refractivity contribution < 1.29 is 23.1 Å². The first kappa shape index (κ1) is 10.5. The summed E-state index contributed by atoms with van der Waals surface area (Å²) in [5.41, 5.74) is -1.06. The summed E-state index contributed by atoms with van der Waals surface area (Å²) in [6, 6.07) is 0. The average Bonchev–Trinajstić information content (AvgIpc) is 2.47. The largest absolute Gasteiger partial charge is 0.472 e. The zero-order valence-corrected chi connectivity index (χ0v) is 7.24. The van der Waals surface area contributed by atoms with Crippen LogP contribution in [0.4, 0.5) is 13.2 Å². The molecule has 1 aromatic rings. The van der Waals surface area contributed by atoms with Gasteiger partial charge in [-0.05, 0) is 5.92 Å². The van der Waals surface area contributed by atoms with Crippen molar-refractivity contribution in [1.82, 2.24) is 4.98 Å². The Morgan fingerprint density at radius 1 is 1.57 bits per heavy atom. The Balaban J connectivity index is 2.91. The lowest BCUT2D eigenvalue weighted by Gasteiger charge is -1.98. The number of rotatable bonds is 0. The second kappa shape index (κ2) is 3.67. The van der Waals surface area contributed by atoms with Crippen molar-refractivity contribution in [3.63, 3.8) is 0 Å². The van der Waals surface area contributed by atoms with E-state index in [1.54, 1.807) is 5.92 Å². The average molecular weight is 221 g/mol. The maximum Gasteiger partial charge on any atom is 0.434 e. The Bertz CT molecular complexity index is 413. The van der Waals surface area contributed by atoms with Crippen LogP contribution in [0.25, 0.3) is 0 Å². The van der Waals surface area contributed by atoms with Crippen LogP contribution in [0.2, 0.25) is 0 Å². The van der Waals surface area contributed by atoms with Crippen LogP contribution in [0.3, 0.4) is 0 Å². The Morgan fingerprint density at radius 3 is 2.64 bits per heavy atom. The summed E-state index contributed by atoms with van der Waals surface area (Å²) >= 11 is 0.650. The van der Waals surface area contributed by atoms with Crippen LogP contribution in [0, 0.1) is 11.8 Å². The van der Waals surface area contributed by atoms with Gasteiger partial charge in [-0.15, -0.1) is 11.3 Å². The fourth-order valence-corrected chi connectivity index (χ4v) is 1.24. The van der Waals surface area contributed by atoms with Crippen LogP contribution in [0.15, 0.2) is 5.38 Å². The van der Waals surface area contributed by atoms with Gasteiger partial charge in [-0.2, -0.15) is 13.2 Å². The molecule has 7 heteroatoms. The number of hydrogen-bond acceptors (Lipinski definition) is 3. The predicted molar refractivity (Wildman–Crippen MR) is 41.6 cm³/mol. The molecule has 0 aliphatic carbocycles. The van der Waals surface area contributed by atoms with E-state index in [2.05, 4.69) is 4.98 Å². The minimum absolute atomic E-state index is 0.167. The zero-order chi connectivity index (χ0) is 10.8. The topological polar surface area (TPSA) is 50.2 Å². The van der Waals surface area contributed by atoms with E-state index in [1.807, 2.05) is 5.92 Å². The molecule has 0 spiro atoms. The second-order valence-electron chi connectivity index (χ2n) is 2.09. The van der Waals surface area contributed by atoms with E-state index in [-0.39, 0.29) is 5.01 Å². The van der Waals surface area contributed by atoms with Gasteiger partial charge in [-0.3, -0.25) is 0 Å². The second-order valence-corrected chi connectivity index (χ2v) is 2.95. The lowest BCUT2D eigenvalue weighted by atomic mass is 10.5. The fraction of sp³-hybridized carbons (Fsp3) is 0.143. The molecule has 74 valence electrons. The van der Waals surface area contributed by atoms with Crippen molar-refractivity contribution in [3.8, 4) is 11.8 Å². The van der Waals surface area contributed by atoms with Crippen LogP contribution in [0.5, 0.6) is 0 Å². The summed E-state index contributed by atoms with van der Waals surface area (Å²) in [6.07, 6.45) is -4.51. The van der Waals surface area contributed by atoms with Gasteiger partial charge in [0.1, 0.15) is 0 Å². The number of halogens is 3. The van der Waals surface area contributed by atoms with Gasteiger partial charge >= 0.3 is 12.1 Å². The first-order chi connectivity index (χ1) is 6.39. The third-order valence-electron chi connectivity index (χ3n) is 1.07. The molecule has 1 rings (SSSR count). The molecule has 0 aliphatic rings. The van der Waals surface area contributed by atoms with Gasteiger partial charge in [0.15, 0.2) is 10.7 Å². The number of nitrogens with zero attached hydrogens (tertiary/aromatic N) is 1. The monoisotopic (exact) mass is 221 g/mol. The molecule has 0 fully saturated rings. The number of carboxylic acids is 1. The molecule has 1 heterocycles. The lowest BCUT2D eigenvalue weighted by Crippen LogP contribution is -2.04. The first-order valence-corrected chi connectivity index (χ1v) is 4.05. The molecule has 0 aliphatic heterocycles. The Morgan fingerprint density at radius 2 is 2.21 bits per heavy atom. The maximum atomic E-state index is 12.0. The summed E-state index contributed by atoms with van der Waals surface area (Å²) in [4.78, 5) is 13.1. The molecule has 3 nitrogen and oxygen atoms in total. The number of aliphatic carboxylic acids is 1. The van der Waals surface area contributed by atoms with Gasteiger partial charge in [0, 0.05) is 11.3 Å². The molecule has 0 aromatic carbocycles. The van der Waals surface area contributed by atoms with Crippen molar-refractivity contribution in [2.75, 3.05) is 0 Å². The number of alkyl halides is 3. The van der Waals surface area contributed by atoms with E-state index >= 15 is 0 Å². The summed E-state index contributed by atoms with van der Waals surface area (Å²) in [6.45, 7) is 0. The number of aromatic nitrogens is 1. The number of carbonyl (C=O) groups is 1. The molecule has 0 amide bonds. The number of hydrogen-bond donors (Lipinski definition) is 1. The SMILES string of the molecule is O=C(O)C#Cc1nc(C(F)(F)F)cs1. The molecule has 0 unspecified atom stereocenters. The minimum Gasteiger partial charge on any atom is -0.472 e. The summed E-state index contributed by atoms with van der Waals surface area (Å²) < 4.78 is 35.9. The molecule has 14 heavy (non-hydrogen) atoms. The maximum absolute atomic E-state index is 12.0. The number of carboxylic acid groups (broad SMARTS) is 1. The molecule has 0 saturated carbocycles. The van der Waals surface area contributed by atoms with E-state index in [4.69, 9.17) is 5.11 Å². The molecule has 1 N–H and O–H groups in total. The highest BCUT2D eigenvalue weighted by atomic mass is 32.1. The fourth-order valence-electron chi connectivity index (χ4n) is 0.568. The molecular weight excluding hydrogens is 219 g/mol. The Hall–Kier alpha value is -1.55. The van der Waals surface area contributed by atoms with E-state index < -0.39 is 17.8 Å². The van der Waals surface area contributed by atoms with Crippen molar-refractivity contribution in [2.24, 2.45) is 0 Å².